The van der Waals surface area contributed by atoms with E-state index in [1.807, 2.05) is 0 Å². The summed E-state index contributed by atoms with van der Waals surface area (Å²) < 4.78 is 0. The zero-order valence-corrected chi connectivity index (χ0v) is 24.7. The molecule has 0 radical (unpaired) electrons. The van der Waals surface area contributed by atoms with E-state index in [1.54, 1.807) is 6.92 Å². The molecular formula is C31H62LiNO2. The number of hydrogen-bond donors (Lipinski definition) is 0. The fraction of sp³-hybridized carbons (Fsp3) is 0.968. The largest absolute Gasteiger partial charge is 1.00 e. The van der Waals surface area contributed by atoms with Crippen LogP contribution in [0.2, 0.25) is 0 Å². The Morgan fingerprint density at radius 2 is 0.743 bits per heavy atom. The van der Waals surface area contributed by atoms with E-state index in [9.17, 15) is 9.90 Å². The number of carbonyl (C=O) groups excluding carboxylic acids is 1. The van der Waals surface area contributed by atoms with Crippen LogP contribution in [0.3, 0.4) is 0 Å². The molecule has 0 amide bonds. The second-order valence-electron chi connectivity index (χ2n) is 10.8. The first-order chi connectivity index (χ1) is 16.6. The van der Waals surface area contributed by atoms with Crippen LogP contribution in [0.1, 0.15) is 175 Å². The molecule has 0 aromatic carbocycles. The Morgan fingerprint density at radius 3 is 0.971 bits per heavy atom. The topological polar surface area (TPSA) is 43.4 Å². The van der Waals surface area contributed by atoms with Gasteiger partial charge >= 0.3 is 18.9 Å². The minimum atomic E-state index is -0.919. The van der Waals surface area contributed by atoms with Crippen LogP contribution >= 0.6 is 0 Å². The van der Waals surface area contributed by atoms with Crippen molar-refractivity contribution >= 4 is 5.97 Å². The van der Waals surface area contributed by atoms with Gasteiger partial charge in [-0.1, -0.05) is 155 Å². The Balaban J connectivity index is 0. The summed E-state index contributed by atoms with van der Waals surface area (Å²) >= 11 is 0. The van der Waals surface area contributed by atoms with Crippen molar-refractivity contribution in [1.82, 2.24) is 4.90 Å². The third-order valence-corrected chi connectivity index (χ3v) is 7.49. The summed E-state index contributed by atoms with van der Waals surface area (Å²) in [6.45, 7) is 8.17. The monoisotopic (exact) mass is 487 g/mol. The molecule has 4 heteroatoms. The number of hydrogen-bond acceptors (Lipinski definition) is 3. The van der Waals surface area contributed by atoms with Gasteiger partial charge in [0.2, 0.25) is 0 Å². The molecule has 3 nitrogen and oxygen atoms in total. The van der Waals surface area contributed by atoms with Crippen molar-refractivity contribution in [2.45, 2.75) is 181 Å². The molecule has 1 unspecified atom stereocenters. The SMILES string of the molecule is CCCCCCCCCCCCCCN(CCCCCCCCCCCCCC)C(C)C(=O)[O-].[Li+]. The second kappa shape index (κ2) is 30.3. The summed E-state index contributed by atoms with van der Waals surface area (Å²) in [5.74, 6) is -0.919. The number of carboxylic acid groups (broad SMARTS) is 1. The standard InChI is InChI=1S/C31H63NO2.Li/c1-4-6-8-10-12-14-16-18-20-22-24-26-28-32(30(3)31(33)34)29-27-25-23-21-19-17-15-13-11-9-7-5-2;/h30H,4-29H2,1-3H3,(H,33,34);/q;+1/p-1. The molecular weight excluding hydrogens is 425 g/mol. The zero-order valence-electron chi connectivity index (χ0n) is 24.7. The number of nitrogens with zero attached hydrogens (tertiary/aromatic N) is 1. The van der Waals surface area contributed by atoms with Crippen molar-refractivity contribution < 1.29 is 28.8 Å². The molecule has 0 fully saturated rings. The molecule has 35 heavy (non-hydrogen) atoms. The van der Waals surface area contributed by atoms with Crippen LogP contribution in [-0.2, 0) is 4.79 Å². The molecule has 0 bridgehead atoms. The van der Waals surface area contributed by atoms with E-state index in [0.29, 0.717) is 0 Å². The van der Waals surface area contributed by atoms with E-state index in [-0.39, 0.29) is 18.9 Å². The summed E-state index contributed by atoms with van der Waals surface area (Å²) in [6, 6.07) is -0.458. The van der Waals surface area contributed by atoms with Crippen LogP contribution in [0.4, 0.5) is 0 Å². The zero-order chi connectivity index (χ0) is 25.1. The Bertz CT molecular complexity index is 391. The fourth-order valence-electron chi connectivity index (χ4n) is 4.96. The first-order valence-electron chi connectivity index (χ1n) is 15.6. The summed E-state index contributed by atoms with van der Waals surface area (Å²) in [5, 5.41) is 11.4. The van der Waals surface area contributed by atoms with E-state index in [0.717, 1.165) is 25.9 Å². The Morgan fingerprint density at radius 1 is 0.514 bits per heavy atom. The number of carbonyl (C=O) groups is 1. The van der Waals surface area contributed by atoms with E-state index in [4.69, 9.17) is 0 Å². The van der Waals surface area contributed by atoms with Crippen molar-refractivity contribution in [2.24, 2.45) is 0 Å². The van der Waals surface area contributed by atoms with E-state index in [2.05, 4.69) is 18.7 Å². The average Bonchev–Trinajstić information content (AvgIpc) is 2.83. The molecule has 1 atom stereocenters. The van der Waals surface area contributed by atoms with Crippen molar-refractivity contribution in [2.75, 3.05) is 13.1 Å². The van der Waals surface area contributed by atoms with E-state index in [1.165, 1.54) is 141 Å². The average molecular weight is 488 g/mol. The van der Waals surface area contributed by atoms with E-state index >= 15 is 0 Å². The minimum absolute atomic E-state index is 0. The number of aliphatic carboxylic acids is 1. The van der Waals surface area contributed by atoms with Gasteiger partial charge in [0.05, 0.1) is 5.97 Å². The summed E-state index contributed by atoms with van der Waals surface area (Å²) in [7, 11) is 0. The van der Waals surface area contributed by atoms with Gasteiger partial charge in [-0.25, -0.2) is 0 Å². The van der Waals surface area contributed by atoms with Crippen molar-refractivity contribution in [3.63, 3.8) is 0 Å². The van der Waals surface area contributed by atoms with Gasteiger partial charge in [-0.15, -0.1) is 0 Å². The van der Waals surface area contributed by atoms with Gasteiger partial charge in [0.25, 0.3) is 0 Å². The first kappa shape index (κ1) is 37.2. The van der Waals surface area contributed by atoms with Crippen molar-refractivity contribution in [1.29, 1.82) is 0 Å². The molecule has 204 valence electrons. The molecule has 0 aromatic rings. The van der Waals surface area contributed by atoms with Gasteiger partial charge in [-0.05, 0) is 32.9 Å². The third-order valence-electron chi connectivity index (χ3n) is 7.49. The van der Waals surface area contributed by atoms with Crippen molar-refractivity contribution in [3.05, 3.63) is 0 Å². The smallest absolute Gasteiger partial charge is 0.548 e. The number of carboxylic acids is 1. The summed E-state index contributed by atoms with van der Waals surface area (Å²) in [4.78, 5) is 13.6. The van der Waals surface area contributed by atoms with E-state index < -0.39 is 12.0 Å². The Labute approximate surface area is 233 Å². The van der Waals surface area contributed by atoms with Gasteiger partial charge in [0.15, 0.2) is 0 Å². The van der Waals surface area contributed by atoms with Gasteiger partial charge in [0.1, 0.15) is 0 Å². The molecule has 0 aliphatic carbocycles. The molecule has 0 N–H and O–H groups in total. The minimum Gasteiger partial charge on any atom is -0.548 e. The molecule has 0 aliphatic heterocycles. The maximum atomic E-state index is 11.4. The third kappa shape index (κ3) is 26.9. The molecule has 0 saturated carbocycles. The second-order valence-corrected chi connectivity index (χ2v) is 10.8. The maximum Gasteiger partial charge on any atom is 1.00 e. The van der Waals surface area contributed by atoms with Crippen LogP contribution in [0, 0.1) is 0 Å². The molecule has 0 aliphatic rings. The maximum absolute atomic E-state index is 11.4. The molecule has 0 rings (SSSR count). The van der Waals surface area contributed by atoms with Crippen LogP contribution in [0.5, 0.6) is 0 Å². The molecule has 0 saturated heterocycles. The number of rotatable bonds is 28. The summed E-state index contributed by atoms with van der Waals surface area (Å²) in [6.07, 6.45) is 32.2. The van der Waals surface area contributed by atoms with Crippen LogP contribution in [-0.4, -0.2) is 30.0 Å². The normalized spacial score (nSPS) is 12.1. The molecule has 0 spiro atoms. The fourth-order valence-corrected chi connectivity index (χ4v) is 4.96. The van der Waals surface area contributed by atoms with Crippen LogP contribution < -0.4 is 24.0 Å². The first-order valence-corrected chi connectivity index (χ1v) is 15.6. The predicted molar refractivity (Wildman–Crippen MR) is 148 cm³/mol. The number of unbranched alkanes of at least 4 members (excludes halogenated alkanes) is 22. The molecule has 0 heterocycles. The van der Waals surface area contributed by atoms with Crippen LogP contribution in [0.25, 0.3) is 0 Å². The Kier molecular flexibility index (Phi) is 32.1. The van der Waals surface area contributed by atoms with Gasteiger partial charge in [-0.2, -0.15) is 0 Å². The van der Waals surface area contributed by atoms with Crippen LogP contribution in [0.15, 0.2) is 0 Å². The summed E-state index contributed by atoms with van der Waals surface area (Å²) in [5.41, 5.74) is 0. The molecule has 0 aromatic heterocycles. The van der Waals surface area contributed by atoms with Gasteiger partial charge in [0, 0.05) is 6.04 Å². The Hall–Kier alpha value is 0.0274. The van der Waals surface area contributed by atoms with Gasteiger partial charge in [-0.3, -0.25) is 4.90 Å². The van der Waals surface area contributed by atoms with Crippen molar-refractivity contribution in [3.8, 4) is 0 Å². The van der Waals surface area contributed by atoms with Gasteiger partial charge < -0.3 is 9.90 Å². The predicted octanol–water partition coefficient (Wildman–Crippen LogP) is 5.83. The quantitative estimate of drug-likeness (QED) is 0.103.